The Balaban J connectivity index is 1.86. The van der Waals surface area contributed by atoms with Crippen LogP contribution < -0.4 is 5.32 Å². The lowest BCUT2D eigenvalue weighted by atomic mass is 10.3. The normalized spacial score (nSPS) is 15.4. The molecule has 1 aromatic rings. The number of anilines is 1. The van der Waals surface area contributed by atoms with E-state index in [0.29, 0.717) is 18.8 Å². The van der Waals surface area contributed by atoms with Gasteiger partial charge in [0.15, 0.2) is 5.82 Å². The highest BCUT2D eigenvalue weighted by Gasteiger charge is 2.22. The van der Waals surface area contributed by atoms with Gasteiger partial charge in [-0.3, -0.25) is 14.7 Å². The lowest BCUT2D eigenvalue weighted by Gasteiger charge is -2.13. The Hall–Kier alpha value is -1.85. The van der Waals surface area contributed by atoms with Crippen LogP contribution in [0, 0.1) is 0 Å². The standard InChI is InChI=1S/C11H16N4O2/c1-2-8-6-9(14-13-8)12-10(16)7-15-5-3-4-11(15)17/h6H,2-5,7H2,1H3,(H2,12,13,14,16). The average molecular weight is 236 g/mol. The van der Waals surface area contributed by atoms with Crippen LogP contribution in [0.3, 0.4) is 0 Å². The molecule has 0 aliphatic carbocycles. The van der Waals surface area contributed by atoms with Crippen molar-refractivity contribution in [3.05, 3.63) is 11.8 Å². The van der Waals surface area contributed by atoms with Crippen molar-refractivity contribution in [3.8, 4) is 0 Å². The second-order valence-corrected chi connectivity index (χ2v) is 4.10. The lowest BCUT2D eigenvalue weighted by molar-refractivity contribution is -0.131. The van der Waals surface area contributed by atoms with E-state index >= 15 is 0 Å². The number of likely N-dealkylation sites (tertiary alicyclic amines) is 1. The quantitative estimate of drug-likeness (QED) is 0.800. The summed E-state index contributed by atoms with van der Waals surface area (Å²) in [6.07, 6.45) is 2.23. The van der Waals surface area contributed by atoms with Gasteiger partial charge in [-0.25, -0.2) is 0 Å². The summed E-state index contributed by atoms with van der Waals surface area (Å²) in [4.78, 5) is 24.6. The number of hydrogen-bond acceptors (Lipinski definition) is 3. The SMILES string of the molecule is CCc1cc(NC(=O)CN2CCCC2=O)n[nH]1. The molecule has 1 aliphatic heterocycles. The minimum atomic E-state index is -0.200. The van der Waals surface area contributed by atoms with Crippen molar-refractivity contribution in [1.29, 1.82) is 0 Å². The molecule has 0 spiro atoms. The van der Waals surface area contributed by atoms with Crippen LogP contribution in [0.2, 0.25) is 0 Å². The van der Waals surface area contributed by atoms with E-state index in [4.69, 9.17) is 0 Å². The fraction of sp³-hybridized carbons (Fsp3) is 0.545. The molecule has 0 saturated carbocycles. The monoisotopic (exact) mass is 236 g/mol. The van der Waals surface area contributed by atoms with E-state index in [1.54, 1.807) is 11.0 Å². The van der Waals surface area contributed by atoms with Crippen LogP contribution in [0.1, 0.15) is 25.5 Å². The molecule has 1 fully saturated rings. The van der Waals surface area contributed by atoms with Gasteiger partial charge in [0.25, 0.3) is 0 Å². The molecule has 6 nitrogen and oxygen atoms in total. The molecule has 0 atom stereocenters. The topological polar surface area (TPSA) is 78.1 Å². The summed E-state index contributed by atoms with van der Waals surface area (Å²) >= 11 is 0. The van der Waals surface area contributed by atoms with E-state index in [1.165, 1.54) is 0 Å². The molecule has 17 heavy (non-hydrogen) atoms. The van der Waals surface area contributed by atoms with E-state index in [9.17, 15) is 9.59 Å². The third-order valence-electron chi connectivity index (χ3n) is 2.79. The first-order valence-corrected chi connectivity index (χ1v) is 5.81. The Morgan fingerprint density at radius 2 is 2.47 bits per heavy atom. The summed E-state index contributed by atoms with van der Waals surface area (Å²) in [7, 11) is 0. The minimum absolute atomic E-state index is 0.0522. The molecule has 0 bridgehead atoms. The summed E-state index contributed by atoms with van der Waals surface area (Å²) < 4.78 is 0. The molecule has 0 aromatic carbocycles. The summed E-state index contributed by atoms with van der Waals surface area (Å²) in [6.45, 7) is 2.79. The maximum absolute atomic E-state index is 11.7. The van der Waals surface area contributed by atoms with Crippen molar-refractivity contribution >= 4 is 17.6 Å². The molecule has 6 heteroatoms. The average Bonchev–Trinajstić information content (AvgIpc) is 2.89. The Bertz CT molecular complexity index is 427. The maximum atomic E-state index is 11.7. The Kier molecular flexibility index (Phi) is 3.41. The number of nitrogens with one attached hydrogen (secondary N) is 2. The number of aryl methyl sites for hydroxylation is 1. The van der Waals surface area contributed by atoms with Gasteiger partial charge in [-0.15, -0.1) is 0 Å². The molecular formula is C11H16N4O2. The van der Waals surface area contributed by atoms with Crippen molar-refractivity contribution in [1.82, 2.24) is 15.1 Å². The van der Waals surface area contributed by atoms with Gasteiger partial charge < -0.3 is 10.2 Å². The fourth-order valence-corrected chi connectivity index (χ4v) is 1.83. The zero-order valence-corrected chi connectivity index (χ0v) is 9.82. The summed E-state index contributed by atoms with van der Waals surface area (Å²) in [5, 5.41) is 9.45. The van der Waals surface area contributed by atoms with E-state index in [0.717, 1.165) is 18.5 Å². The van der Waals surface area contributed by atoms with Gasteiger partial charge in [0.05, 0.1) is 6.54 Å². The number of amides is 2. The van der Waals surface area contributed by atoms with Crippen LogP contribution >= 0.6 is 0 Å². The first-order chi connectivity index (χ1) is 8.19. The van der Waals surface area contributed by atoms with Crippen LogP contribution in [0.4, 0.5) is 5.82 Å². The number of H-pyrrole nitrogens is 1. The molecule has 0 unspecified atom stereocenters. The largest absolute Gasteiger partial charge is 0.333 e. The molecule has 0 radical (unpaired) electrons. The number of rotatable bonds is 4. The van der Waals surface area contributed by atoms with E-state index in [1.807, 2.05) is 6.92 Å². The van der Waals surface area contributed by atoms with Crippen LogP contribution in [-0.2, 0) is 16.0 Å². The van der Waals surface area contributed by atoms with Crippen LogP contribution in [-0.4, -0.2) is 40.0 Å². The molecule has 2 N–H and O–H groups in total. The van der Waals surface area contributed by atoms with Crippen LogP contribution in [0.5, 0.6) is 0 Å². The van der Waals surface area contributed by atoms with Crippen LogP contribution in [0.15, 0.2) is 6.07 Å². The highest BCUT2D eigenvalue weighted by atomic mass is 16.2. The third-order valence-corrected chi connectivity index (χ3v) is 2.79. The summed E-state index contributed by atoms with van der Waals surface area (Å²) in [5.41, 5.74) is 0.970. The predicted octanol–water partition coefficient (Wildman–Crippen LogP) is 0.533. The molecule has 1 aromatic heterocycles. The van der Waals surface area contributed by atoms with Crippen molar-refractivity contribution in [2.24, 2.45) is 0 Å². The van der Waals surface area contributed by atoms with E-state index < -0.39 is 0 Å². The van der Waals surface area contributed by atoms with Gasteiger partial charge in [0.1, 0.15) is 0 Å². The second-order valence-electron chi connectivity index (χ2n) is 4.10. The molecule has 1 aliphatic rings. The number of hydrogen-bond donors (Lipinski definition) is 2. The lowest BCUT2D eigenvalue weighted by Crippen LogP contribution is -2.34. The first kappa shape index (κ1) is 11.6. The number of aromatic amines is 1. The molecule has 2 rings (SSSR count). The second kappa shape index (κ2) is 4.99. The fourth-order valence-electron chi connectivity index (χ4n) is 1.83. The van der Waals surface area contributed by atoms with Gasteiger partial charge in [0, 0.05) is 24.7 Å². The summed E-state index contributed by atoms with van der Waals surface area (Å²) in [6, 6.07) is 1.80. The molecule has 2 heterocycles. The van der Waals surface area contributed by atoms with Gasteiger partial charge >= 0.3 is 0 Å². The number of aromatic nitrogens is 2. The molecule has 92 valence electrons. The van der Waals surface area contributed by atoms with Crippen molar-refractivity contribution < 1.29 is 9.59 Å². The third kappa shape index (κ3) is 2.83. The maximum Gasteiger partial charge on any atom is 0.245 e. The smallest absolute Gasteiger partial charge is 0.245 e. The van der Waals surface area contributed by atoms with Gasteiger partial charge in [-0.2, -0.15) is 5.10 Å². The van der Waals surface area contributed by atoms with Gasteiger partial charge in [-0.1, -0.05) is 6.92 Å². The molecular weight excluding hydrogens is 220 g/mol. The molecule has 2 amide bonds. The Morgan fingerprint density at radius 1 is 1.65 bits per heavy atom. The molecule has 1 saturated heterocycles. The minimum Gasteiger partial charge on any atom is -0.333 e. The van der Waals surface area contributed by atoms with Gasteiger partial charge in [0.2, 0.25) is 11.8 Å². The van der Waals surface area contributed by atoms with Crippen LogP contribution in [0.25, 0.3) is 0 Å². The number of carbonyl (C=O) groups is 2. The zero-order chi connectivity index (χ0) is 12.3. The number of nitrogens with zero attached hydrogens (tertiary/aromatic N) is 2. The highest BCUT2D eigenvalue weighted by molar-refractivity contribution is 5.94. The van der Waals surface area contributed by atoms with Crippen molar-refractivity contribution in [3.63, 3.8) is 0 Å². The zero-order valence-electron chi connectivity index (χ0n) is 9.82. The van der Waals surface area contributed by atoms with Gasteiger partial charge in [-0.05, 0) is 12.8 Å². The van der Waals surface area contributed by atoms with E-state index in [-0.39, 0.29) is 18.4 Å². The predicted molar refractivity (Wildman–Crippen MR) is 62.4 cm³/mol. The van der Waals surface area contributed by atoms with Crippen molar-refractivity contribution in [2.45, 2.75) is 26.2 Å². The summed E-state index contributed by atoms with van der Waals surface area (Å²) in [5.74, 6) is 0.365. The Labute approximate surface area is 99.4 Å². The highest BCUT2D eigenvalue weighted by Crippen LogP contribution is 2.10. The first-order valence-electron chi connectivity index (χ1n) is 5.81. The number of carbonyl (C=O) groups excluding carboxylic acids is 2. The Morgan fingerprint density at radius 3 is 3.06 bits per heavy atom. The van der Waals surface area contributed by atoms with E-state index in [2.05, 4.69) is 15.5 Å². The van der Waals surface area contributed by atoms with Crippen molar-refractivity contribution in [2.75, 3.05) is 18.4 Å².